The third-order valence-electron chi connectivity index (χ3n) is 2.91. The second-order valence-electron chi connectivity index (χ2n) is 4.03. The average Bonchev–Trinajstić information content (AvgIpc) is 2.23. The van der Waals surface area contributed by atoms with Crippen LogP contribution in [0.1, 0.15) is 40.0 Å². The molecule has 1 heterocycles. The molecule has 1 fully saturated rings. The fraction of sp³-hybridized carbons (Fsp3) is 0.818. The van der Waals surface area contributed by atoms with Crippen LogP contribution in [0, 0.1) is 0 Å². The van der Waals surface area contributed by atoms with Crippen molar-refractivity contribution < 1.29 is 9.59 Å². The maximum Gasteiger partial charge on any atom is 0.245 e. The molecule has 0 radical (unpaired) electrons. The SMILES string of the molecule is CCCCN1C(=O)C(CC)NC(=O)C1C. The van der Waals surface area contributed by atoms with Crippen LogP contribution >= 0.6 is 0 Å². The second-order valence-corrected chi connectivity index (χ2v) is 4.03. The lowest BCUT2D eigenvalue weighted by Gasteiger charge is -2.37. The summed E-state index contributed by atoms with van der Waals surface area (Å²) in [6.07, 6.45) is 2.66. The molecule has 4 nitrogen and oxygen atoms in total. The maximum absolute atomic E-state index is 11.9. The van der Waals surface area contributed by atoms with Crippen molar-refractivity contribution in [2.24, 2.45) is 0 Å². The summed E-state index contributed by atoms with van der Waals surface area (Å²) in [5, 5.41) is 2.74. The minimum absolute atomic E-state index is 0.0300. The molecule has 4 heteroatoms. The van der Waals surface area contributed by atoms with E-state index < -0.39 is 0 Å². The molecule has 0 bridgehead atoms. The van der Waals surface area contributed by atoms with Gasteiger partial charge in [-0.15, -0.1) is 0 Å². The monoisotopic (exact) mass is 212 g/mol. The summed E-state index contributed by atoms with van der Waals surface area (Å²) >= 11 is 0. The third kappa shape index (κ3) is 2.49. The number of hydrogen-bond donors (Lipinski definition) is 1. The second kappa shape index (κ2) is 5.14. The summed E-state index contributed by atoms with van der Waals surface area (Å²) in [5.41, 5.74) is 0. The van der Waals surface area contributed by atoms with Crippen LogP contribution in [0.4, 0.5) is 0 Å². The number of hydrogen-bond acceptors (Lipinski definition) is 2. The number of carbonyl (C=O) groups is 2. The van der Waals surface area contributed by atoms with Gasteiger partial charge in [0.05, 0.1) is 0 Å². The molecule has 15 heavy (non-hydrogen) atoms. The van der Waals surface area contributed by atoms with E-state index >= 15 is 0 Å². The van der Waals surface area contributed by atoms with Crippen LogP contribution in [-0.4, -0.2) is 35.3 Å². The van der Waals surface area contributed by atoms with E-state index in [1.807, 2.05) is 6.92 Å². The first-order chi connectivity index (χ1) is 7.11. The average molecular weight is 212 g/mol. The van der Waals surface area contributed by atoms with E-state index in [9.17, 15) is 9.59 Å². The molecule has 0 aliphatic carbocycles. The van der Waals surface area contributed by atoms with Crippen molar-refractivity contribution in [1.29, 1.82) is 0 Å². The molecule has 1 rings (SSSR count). The summed E-state index contributed by atoms with van der Waals surface area (Å²) < 4.78 is 0. The topological polar surface area (TPSA) is 49.4 Å². The molecule has 0 aromatic rings. The zero-order chi connectivity index (χ0) is 11.4. The van der Waals surface area contributed by atoms with E-state index in [0.29, 0.717) is 13.0 Å². The van der Waals surface area contributed by atoms with Crippen LogP contribution in [0.15, 0.2) is 0 Å². The van der Waals surface area contributed by atoms with Gasteiger partial charge < -0.3 is 10.2 Å². The fourth-order valence-electron chi connectivity index (χ4n) is 1.80. The summed E-state index contributed by atoms with van der Waals surface area (Å²) in [6, 6.07) is -0.627. The summed E-state index contributed by atoms with van der Waals surface area (Å²) in [6.45, 7) is 6.47. The molecule has 2 amide bonds. The summed E-state index contributed by atoms with van der Waals surface area (Å²) in [5.74, 6) is 0.0376. The van der Waals surface area contributed by atoms with Crippen LogP contribution in [0.2, 0.25) is 0 Å². The van der Waals surface area contributed by atoms with Gasteiger partial charge in [-0.25, -0.2) is 0 Å². The van der Waals surface area contributed by atoms with Crippen molar-refractivity contribution in [3.05, 3.63) is 0 Å². The van der Waals surface area contributed by atoms with Gasteiger partial charge in [0.1, 0.15) is 12.1 Å². The first-order valence-corrected chi connectivity index (χ1v) is 5.72. The van der Waals surface area contributed by atoms with Crippen molar-refractivity contribution in [3.8, 4) is 0 Å². The molecule has 2 unspecified atom stereocenters. The van der Waals surface area contributed by atoms with E-state index in [-0.39, 0.29) is 23.9 Å². The number of carbonyl (C=O) groups excluding carboxylic acids is 2. The lowest BCUT2D eigenvalue weighted by atomic mass is 10.1. The molecule has 86 valence electrons. The number of piperazine rings is 1. The van der Waals surface area contributed by atoms with E-state index in [1.54, 1.807) is 11.8 Å². The molecular weight excluding hydrogens is 192 g/mol. The lowest BCUT2D eigenvalue weighted by Crippen LogP contribution is -2.62. The Hall–Kier alpha value is -1.06. The van der Waals surface area contributed by atoms with Gasteiger partial charge in [-0.3, -0.25) is 9.59 Å². The normalized spacial score (nSPS) is 26.7. The quantitative estimate of drug-likeness (QED) is 0.753. The van der Waals surface area contributed by atoms with Gasteiger partial charge in [-0.1, -0.05) is 20.3 Å². The molecule has 1 aliphatic rings. The molecule has 1 N–H and O–H groups in total. The number of amides is 2. The standard InChI is InChI=1S/C11H20N2O2/c1-4-6-7-13-8(3)10(14)12-9(5-2)11(13)15/h8-9H,4-7H2,1-3H3,(H,12,14). The largest absolute Gasteiger partial charge is 0.343 e. The number of nitrogens with one attached hydrogen (secondary N) is 1. The highest BCUT2D eigenvalue weighted by atomic mass is 16.2. The predicted molar refractivity (Wildman–Crippen MR) is 58.3 cm³/mol. The third-order valence-corrected chi connectivity index (χ3v) is 2.91. The van der Waals surface area contributed by atoms with Gasteiger partial charge in [0.15, 0.2) is 0 Å². The van der Waals surface area contributed by atoms with Crippen LogP contribution in [0.5, 0.6) is 0 Å². The van der Waals surface area contributed by atoms with Gasteiger partial charge in [-0.05, 0) is 19.8 Å². The highest BCUT2D eigenvalue weighted by Crippen LogP contribution is 2.12. The van der Waals surface area contributed by atoms with E-state index in [2.05, 4.69) is 12.2 Å². The van der Waals surface area contributed by atoms with Gasteiger partial charge >= 0.3 is 0 Å². The van der Waals surface area contributed by atoms with Crippen LogP contribution in [0.25, 0.3) is 0 Å². The molecule has 0 aromatic carbocycles. The highest BCUT2D eigenvalue weighted by Gasteiger charge is 2.36. The zero-order valence-electron chi connectivity index (χ0n) is 9.75. The number of nitrogens with zero attached hydrogens (tertiary/aromatic N) is 1. The molecular formula is C11H20N2O2. The highest BCUT2D eigenvalue weighted by molar-refractivity contribution is 5.96. The Morgan fingerprint density at radius 3 is 2.53 bits per heavy atom. The van der Waals surface area contributed by atoms with Crippen molar-refractivity contribution in [2.45, 2.75) is 52.1 Å². The van der Waals surface area contributed by atoms with E-state index in [1.165, 1.54) is 0 Å². The Kier molecular flexibility index (Phi) is 4.12. The first kappa shape index (κ1) is 12.0. The Balaban J connectivity index is 2.71. The molecule has 1 saturated heterocycles. The Morgan fingerprint density at radius 1 is 1.33 bits per heavy atom. The van der Waals surface area contributed by atoms with Gasteiger partial charge in [0.2, 0.25) is 11.8 Å². The molecule has 0 aromatic heterocycles. The Morgan fingerprint density at radius 2 is 2.00 bits per heavy atom. The first-order valence-electron chi connectivity index (χ1n) is 5.72. The number of rotatable bonds is 4. The lowest BCUT2D eigenvalue weighted by molar-refractivity contribution is -0.148. The maximum atomic E-state index is 11.9. The molecule has 0 spiro atoms. The van der Waals surface area contributed by atoms with Gasteiger partial charge in [0.25, 0.3) is 0 Å². The number of unbranched alkanes of at least 4 members (excludes halogenated alkanes) is 1. The van der Waals surface area contributed by atoms with Crippen LogP contribution in [0.3, 0.4) is 0 Å². The van der Waals surface area contributed by atoms with Gasteiger partial charge in [-0.2, -0.15) is 0 Å². The fourth-order valence-corrected chi connectivity index (χ4v) is 1.80. The predicted octanol–water partition coefficient (Wildman–Crippen LogP) is 0.912. The molecule has 1 aliphatic heterocycles. The minimum atomic E-state index is -0.314. The Bertz CT molecular complexity index is 253. The zero-order valence-corrected chi connectivity index (χ0v) is 9.75. The Labute approximate surface area is 91.0 Å². The summed E-state index contributed by atoms with van der Waals surface area (Å²) in [4.78, 5) is 25.2. The molecule has 2 atom stereocenters. The van der Waals surface area contributed by atoms with Crippen molar-refractivity contribution in [1.82, 2.24) is 10.2 Å². The van der Waals surface area contributed by atoms with Crippen LogP contribution < -0.4 is 5.32 Å². The van der Waals surface area contributed by atoms with E-state index in [4.69, 9.17) is 0 Å². The molecule has 0 saturated carbocycles. The van der Waals surface area contributed by atoms with Crippen molar-refractivity contribution >= 4 is 11.8 Å². The minimum Gasteiger partial charge on any atom is -0.343 e. The summed E-state index contributed by atoms with van der Waals surface area (Å²) in [7, 11) is 0. The van der Waals surface area contributed by atoms with Crippen molar-refractivity contribution in [2.75, 3.05) is 6.54 Å². The van der Waals surface area contributed by atoms with E-state index in [0.717, 1.165) is 12.8 Å². The van der Waals surface area contributed by atoms with Gasteiger partial charge in [0, 0.05) is 6.54 Å². The van der Waals surface area contributed by atoms with Crippen molar-refractivity contribution in [3.63, 3.8) is 0 Å². The smallest absolute Gasteiger partial charge is 0.245 e. The van der Waals surface area contributed by atoms with Crippen LogP contribution in [-0.2, 0) is 9.59 Å².